The number of halogens is 3. The molecule has 0 saturated heterocycles. The first-order valence-corrected chi connectivity index (χ1v) is 6.35. The Morgan fingerprint density at radius 3 is 2.35 bits per heavy atom. The third-order valence-corrected chi connectivity index (χ3v) is 3.20. The minimum absolute atomic E-state index is 0.217. The van der Waals surface area contributed by atoms with E-state index in [1.165, 1.54) is 0 Å². The van der Waals surface area contributed by atoms with Gasteiger partial charge in [0.25, 0.3) is 0 Å². The molecule has 0 bridgehead atoms. The first kappa shape index (κ1) is 14.6. The number of para-hydroxylation sites is 1. The van der Waals surface area contributed by atoms with Gasteiger partial charge in [-0.1, -0.05) is 19.1 Å². The maximum absolute atomic E-state index is 12.9. The molecular weight excluding hydrogens is 267 g/mol. The molecule has 0 atom stereocenters. The van der Waals surface area contributed by atoms with Gasteiger partial charge in [-0.05, 0) is 32.4 Å². The summed E-state index contributed by atoms with van der Waals surface area (Å²) in [5, 5.41) is 3.66. The monoisotopic (exact) mass is 283 g/mol. The van der Waals surface area contributed by atoms with Crippen molar-refractivity contribution in [1.82, 2.24) is 9.97 Å². The molecule has 2 rings (SSSR count). The maximum atomic E-state index is 12.9. The normalized spacial score (nSPS) is 12.7. The molecule has 1 aromatic carbocycles. The molecule has 0 saturated carbocycles. The summed E-state index contributed by atoms with van der Waals surface area (Å²) in [7, 11) is 0. The molecule has 0 amide bonds. The van der Waals surface area contributed by atoms with Gasteiger partial charge in [0, 0.05) is 10.9 Å². The fraction of sp³-hybridized carbons (Fsp3) is 0.429. The predicted octanol–water partition coefficient (Wildman–Crippen LogP) is 4.25. The van der Waals surface area contributed by atoms with E-state index < -0.39 is 12.0 Å². The molecule has 0 aliphatic carbocycles. The van der Waals surface area contributed by atoms with E-state index in [0.717, 1.165) is 6.42 Å². The molecule has 0 radical (unpaired) electrons. The first-order chi connectivity index (χ1) is 9.23. The summed E-state index contributed by atoms with van der Waals surface area (Å²) in [4.78, 5) is 7.24. The number of aromatic nitrogens is 2. The molecule has 6 heteroatoms. The van der Waals surface area contributed by atoms with Crippen molar-refractivity contribution in [2.75, 3.05) is 5.32 Å². The Morgan fingerprint density at radius 2 is 1.75 bits per heavy atom. The average Bonchev–Trinajstić information content (AvgIpc) is 2.37. The molecule has 0 fully saturated rings. The van der Waals surface area contributed by atoms with Gasteiger partial charge in [-0.25, -0.2) is 9.97 Å². The number of hydrogen-bond donors (Lipinski definition) is 1. The fourth-order valence-electron chi connectivity index (χ4n) is 1.71. The number of nitrogens with zero attached hydrogens (tertiary/aromatic N) is 2. The van der Waals surface area contributed by atoms with E-state index in [1.54, 1.807) is 24.3 Å². The summed E-state index contributed by atoms with van der Waals surface area (Å²) < 4.78 is 38.6. The van der Waals surface area contributed by atoms with Crippen LogP contribution in [0, 0.1) is 0 Å². The molecule has 2 aromatic rings. The zero-order valence-electron chi connectivity index (χ0n) is 11.5. The van der Waals surface area contributed by atoms with E-state index in [1.807, 2.05) is 20.8 Å². The highest BCUT2D eigenvalue weighted by Crippen LogP contribution is 2.31. The minimum Gasteiger partial charge on any atom is -0.365 e. The van der Waals surface area contributed by atoms with Crippen LogP contribution in [0.2, 0.25) is 0 Å². The van der Waals surface area contributed by atoms with E-state index >= 15 is 0 Å². The second-order valence-electron chi connectivity index (χ2n) is 5.27. The van der Waals surface area contributed by atoms with E-state index in [4.69, 9.17) is 0 Å². The van der Waals surface area contributed by atoms with Gasteiger partial charge in [0.05, 0.1) is 5.52 Å². The number of benzene rings is 1. The van der Waals surface area contributed by atoms with E-state index in [9.17, 15) is 13.2 Å². The number of nitrogens with one attached hydrogen (secondary N) is 1. The van der Waals surface area contributed by atoms with Crippen LogP contribution >= 0.6 is 0 Å². The standard InChI is InChI=1S/C14H16F3N3/c1-4-13(2,3)20-11-9-7-5-6-8-10(9)18-12(19-11)14(15,16)17/h5-8H,4H2,1-3H3,(H,18,19,20). The number of rotatable bonds is 3. The van der Waals surface area contributed by atoms with Crippen LogP contribution in [0.3, 0.4) is 0 Å². The van der Waals surface area contributed by atoms with E-state index in [0.29, 0.717) is 5.39 Å². The number of anilines is 1. The Labute approximate surface area is 115 Å². The Morgan fingerprint density at radius 1 is 1.10 bits per heavy atom. The Hall–Kier alpha value is -1.85. The van der Waals surface area contributed by atoms with Crippen LogP contribution in [0.25, 0.3) is 10.9 Å². The van der Waals surface area contributed by atoms with Gasteiger partial charge < -0.3 is 5.32 Å². The van der Waals surface area contributed by atoms with Gasteiger partial charge >= 0.3 is 6.18 Å². The zero-order valence-corrected chi connectivity index (χ0v) is 11.5. The molecule has 1 N–H and O–H groups in total. The van der Waals surface area contributed by atoms with Gasteiger partial charge in [-0.3, -0.25) is 0 Å². The van der Waals surface area contributed by atoms with Crippen molar-refractivity contribution in [2.45, 2.75) is 38.9 Å². The SMILES string of the molecule is CCC(C)(C)Nc1nc(C(F)(F)F)nc2ccccc12. The second-order valence-corrected chi connectivity index (χ2v) is 5.27. The minimum atomic E-state index is -4.56. The molecule has 1 aromatic heterocycles. The number of alkyl halides is 3. The Balaban J connectivity index is 2.61. The lowest BCUT2D eigenvalue weighted by Crippen LogP contribution is -2.30. The lowest BCUT2D eigenvalue weighted by Gasteiger charge is -2.26. The fourth-order valence-corrected chi connectivity index (χ4v) is 1.71. The van der Waals surface area contributed by atoms with Gasteiger partial charge in [-0.2, -0.15) is 13.2 Å². The van der Waals surface area contributed by atoms with Crippen LogP contribution in [0.1, 0.15) is 33.0 Å². The van der Waals surface area contributed by atoms with Gasteiger partial charge in [0.15, 0.2) is 0 Å². The van der Waals surface area contributed by atoms with Crippen LogP contribution in [-0.2, 0) is 6.18 Å². The van der Waals surface area contributed by atoms with Gasteiger partial charge in [0.1, 0.15) is 5.82 Å². The number of fused-ring (bicyclic) bond motifs is 1. The van der Waals surface area contributed by atoms with Crippen LogP contribution < -0.4 is 5.32 Å². The van der Waals surface area contributed by atoms with Crippen molar-refractivity contribution in [3.63, 3.8) is 0 Å². The van der Waals surface area contributed by atoms with E-state index in [-0.39, 0.29) is 16.9 Å². The van der Waals surface area contributed by atoms with Gasteiger partial charge in [-0.15, -0.1) is 0 Å². The molecule has 0 spiro atoms. The molecule has 0 unspecified atom stereocenters. The van der Waals surface area contributed by atoms with Gasteiger partial charge in [0.2, 0.25) is 5.82 Å². The van der Waals surface area contributed by atoms with Crippen molar-refractivity contribution in [3.8, 4) is 0 Å². The third kappa shape index (κ3) is 3.00. The summed E-state index contributed by atoms with van der Waals surface area (Å²) in [6.07, 6.45) is -3.80. The highest BCUT2D eigenvalue weighted by Gasteiger charge is 2.35. The van der Waals surface area contributed by atoms with Crippen LogP contribution in [0.5, 0.6) is 0 Å². The van der Waals surface area contributed by atoms with E-state index in [2.05, 4.69) is 15.3 Å². The largest absolute Gasteiger partial charge is 0.451 e. The highest BCUT2D eigenvalue weighted by atomic mass is 19.4. The Bertz CT molecular complexity index is 621. The average molecular weight is 283 g/mol. The highest BCUT2D eigenvalue weighted by molar-refractivity contribution is 5.89. The summed E-state index contributed by atoms with van der Waals surface area (Å²) in [5.74, 6) is -0.902. The lowest BCUT2D eigenvalue weighted by molar-refractivity contribution is -0.144. The topological polar surface area (TPSA) is 37.8 Å². The summed E-state index contributed by atoms with van der Waals surface area (Å²) in [5.41, 5.74) is -0.0655. The van der Waals surface area contributed by atoms with Crippen molar-refractivity contribution < 1.29 is 13.2 Å². The van der Waals surface area contributed by atoms with Crippen LogP contribution in [0.15, 0.2) is 24.3 Å². The zero-order chi connectivity index (χ0) is 15.0. The second kappa shape index (κ2) is 4.92. The third-order valence-electron chi connectivity index (χ3n) is 3.20. The summed E-state index contributed by atoms with van der Waals surface area (Å²) in [6.45, 7) is 5.79. The molecule has 0 aliphatic rings. The predicted molar refractivity (Wildman–Crippen MR) is 72.5 cm³/mol. The molecule has 108 valence electrons. The molecule has 20 heavy (non-hydrogen) atoms. The first-order valence-electron chi connectivity index (χ1n) is 6.35. The lowest BCUT2D eigenvalue weighted by atomic mass is 10.0. The van der Waals surface area contributed by atoms with Crippen molar-refractivity contribution in [2.24, 2.45) is 0 Å². The molecular formula is C14H16F3N3. The number of hydrogen-bond acceptors (Lipinski definition) is 3. The smallest absolute Gasteiger partial charge is 0.365 e. The molecule has 1 heterocycles. The van der Waals surface area contributed by atoms with Crippen molar-refractivity contribution in [3.05, 3.63) is 30.1 Å². The van der Waals surface area contributed by atoms with Crippen LogP contribution in [-0.4, -0.2) is 15.5 Å². The summed E-state index contributed by atoms with van der Waals surface area (Å²) >= 11 is 0. The Kier molecular flexibility index (Phi) is 3.58. The van der Waals surface area contributed by atoms with Crippen molar-refractivity contribution in [1.29, 1.82) is 0 Å². The molecule has 0 aliphatic heterocycles. The quantitative estimate of drug-likeness (QED) is 0.915. The van der Waals surface area contributed by atoms with Crippen LogP contribution in [0.4, 0.5) is 19.0 Å². The summed E-state index contributed by atoms with van der Waals surface area (Å²) in [6, 6.07) is 6.67. The molecule has 3 nitrogen and oxygen atoms in total. The maximum Gasteiger partial charge on any atom is 0.451 e. The van der Waals surface area contributed by atoms with Crippen molar-refractivity contribution >= 4 is 16.7 Å².